The highest BCUT2D eigenvalue weighted by Crippen LogP contribution is 2.38. The molecule has 1 spiro atoms. The number of nitrogens with one attached hydrogen (secondary N) is 1. The Morgan fingerprint density at radius 2 is 2.23 bits per heavy atom. The van der Waals surface area contributed by atoms with Crippen LogP contribution in [0.5, 0.6) is 0 Å². The van der Waals surface area contributed by atoms with E-state index >= 15 is 0 Å². The van der Waals surface area contributed by atoms with Crippen molar-refractivity contribution >= 4 is 5.97 Å². The van der Waals surface area contributed by atoms with E-state index in [0.717, 1.165) is 13.0 Å². The number of ether oxygens (including phenoxy) is 1. The Kier molecular flexibility index (Phi) is 2.28. The Hall–Kier alpha value is -0.570. The van der Waals surface area contributed by atoms with Crippen molar-refractivity contribution in [2.45, 2.75) is 50.7 Å². The van der Waals surface area contributed by atoms with E-state index in [1.165, 1.54) is 32.6 Å². The van der Waals surface area contributed by atoms with Gasteiger partial charge in [0.25, 0.3) is 0 Å². The molecule has 1 heterocycles. The predicted octanol–water partition coefficient (Wildman–Crippen LogP) is 1.22. The van der Waals surface area contributed by atoms with Crippen LogP contribution in [0.15, 0.2) is 0 Å². The third kappa shape index (κ3) is 1.57. The van der Waals surface area contributed by atoms with Crippen LogP contribution in [0.25, 0.3) is 0 Å². The molecular formula is C10H17NO2. The average Bonchev–Trinajstić information content (AvgIpc) is 2.64. The Labute approximate surface area is 78.8 Å². The van der Waals surface area contributed by atoms with Gasteiger partial charge in [-0.3, -0.25) is 4.79 Å². The highest BCUT2D eigenvalue weighted by atomic mass is 16.5. The summed E-state index contributed by atoms with van der Waals surface area (Å²) in [6, 6.07) is 0. The molecule has 3 heteroatoms. The SMILES string of the molecule is CC(=O)O[C@H]1CCC[C@@]12CCCN2. The fourth-order valence-electron chi connectivity index (χ4n) is 2.73. The maximum Gasteiger partial charge on any atom is 0.302 e. The van der Waals surface area contributed by atoms with Crippen molar-refractivity contribution in [1.82, 2.24) is 5.32 Å². The highest BCUT2D eigenvalue weighted by molar-refractivity contribution is 5.66. The summed E-state index contributed by atoms with van der Waals surface area (Å²) in [4.78, 5) is 10.9. The number of rotatable bonds is 1. The third-order valence-corrected chi connectivity index (χ3v) is 3.29. The van der Waals surface area contributed by atoms with Crippen molar-refractivity contribution in [3.63, 3.8) is 0 Å². The molecule has 1 aliphatic heterocycles. The second-order valence-corrected chi connectivity index (χ2v) is 4.18. The Morgan fingerprint density at radius 1 is 1.46 bits per heavy atom. The lowest BCUT2D eigenvalue weighted by Gasteiger charge is -2.30. The molecule has 0 radical (unpaired) electrons. The van der Waals surface area contributed by atoms with E-state index in [1.807, 2.05) is 0 Å². The fraction of sp³-hybridized carbons (Fsp3) is 0.900. The van der Waals surface area contributed by atoms with Crippen molar-refractivity contribution in [2.75, 3.05) is 6.54 Å². The van der Waals surface area contributed by atoms with E-state index in [0.29, 0.717) is 0 Å². The Morgan fingerprint density at radius 3 is 2.85 bits per heavy atom. The van der Waals surface area contributed by atoms with Crippen LogP contribution in [-0.4, -0.2) is 24.2 Å². The van der Waals surface area contributed by atoms with Gasteiger partial charge in [-0.05, 0) is 38.6 Å². The maximum atomic E-state index is 10.9. The minimum Gasteiger partial charge on any atom is -0.461 e. The molecule has 3 nitrogen and oxygen atoms in total. The summed E-state index contributed by atoms with van der Waals surface area (Å²) in [5.74, 6) is -0.139. The highest BCUT2D eigenvalue weighted by Gasteiger charge is 2.46. The quantitative estimate of drug-likeness (QED) is 0.621. The van der Waals surface area contributed by atoms with Gasteiger partial charge in [-0.1, -0.05) is 0 Å². The molecule has 0 amide bonds. The van der Waals surface area contributed by atoms with Gasteiger partial charge in [0, 0.05) is 6.92 Å². The second-order valence-electron chi connectivity index (χ2n) is 4.18. The van der Waals surface area contributed by atoms with E-state index in [1.54, 1.807) is 0 Å². The Balaban J connectivity index is 2.04. The lowest BCUT2D eigenvalue weighted by Crippen LogP contribution is -2.48. The first kappa shape index (κ1) is 9.00. The number of hydrogen-bond donors (Lipinski definition) is 1. The summed E-state index contributed by atoms with van der Waals surface area (Å²) in [6.07, 6.45) is 5.91. The molecule has 2 aliphatic rings. The zero-order valence-corrected chi connectivity index (χ0v) is 8.14. The molecule has 0 bridgehead atoms. The molecule has 0 unspecified atom stereocenters. The average molecular weight is 183 g/mol. The summed E-state index contributed by atoms with van der Waals surface area (Å²) in [5, 5.41) is 3.51. The summed E-state index contributed by atoms with van der Waals surface area (Å²) in [7, 11) is 0. The minimum atomic E-state index is -0.139. The molecule has 2 rings (SSSR count). The van der Waals surface area contributed by atoms with Crippen LogP contribution in [0.4, 0.5) is 0 Å². The van der Waals surface area contributed by atoms with Crippen LogP contribution < -0.4 is 5.32 Å². The molecule has 74 valence electrons. The van der Waals surface area contributed by atoms with Gasteiger partial charge < -0.3 is 10.1 Å². The molecule has 1 saturated heterocycles. The van der Waals surface area contributed by atoms with E-state index in [9.17, 15) is 4.79 Å². The van der Waals surface area contributed by atoms with Crippen molar-refractivity contribution in [2.24, 2.45) is 0 Å². The molecule has 2 atom stereocenters. The van der Waals surface area contributed by atoms with Crippen LogP contribution in [0.2, 0.25) is 0 Å². The molecular weight excluding hydrogens is 166 g/mol. The van der Waals surface area contributed by atoms with Crippen molar-refractivity contribution < 1.29 is 9.53 Å². The Bertz CT molecular complexity index is 203. The zero-order chi connectivity index (χ0) is 9.31. The van der Waals surface area contributed by atoms with Crippen molar-refractivity contribution in [1.29, 1.82) is 0 Å². The van der Waals surface area contributed by atoms with Gasteiger partial charge in [0.15, 0.2) is 0 Å². The number of carbonyl (C=O) groups excluding carboxylic acids is 1. The first-order chi connectivity index (χ1) is 6.23. The molecule has 1 saturated carbocycles. The lowest BCUT2D eigenvalue weighted by atomic mass is 9.93. The molecule has 0 aromatic heterocycles. The standard InChI is InChI=1S/C10H17NO2/c1-8(12)13-9-4-2-5-10(9)6-3-7-11-10/h9,11H,2-7H2,1H3/t9-,10+/m0/s1. The molecule has 1 N–H and O–H groups in total. The molecule has 0 aromatic rings. The predicted molar refractivity (Wildman–Crippen MR) is 49.4 cm³/mol. The van der Waals surface area contributed by atoms with E-state index in [-0.39, 0.29) is 17.6 Å². The number of hydrogen-bond acceptors (Lipinski definition) is 3. The van der Waals surface area contributed by atoms with Gasteiger partial charge in [-0.25, -0.2) is 0 Å². The topological polar surface area (TPSA) is 38.3 Å². The first-order valence-electron chi connectivity index (χ1n) is 5.15. The summed E-state index contributed by atoms with van der Waals surface area (Å²) in [5.41, 5.74) is 0.145. The van der Waals surface area contributed by atoms with Gasteiger partial charge in [0.2, 0.25) is 0 Å². The second kappa shape index (κ2) is 3.29. The van der Waals surface area contributed by atoms with Crippen LogP contribution >= 0.6 is 0 Å². The van der Waals surface area contributed by atoms with Crippen LogP contribution in [0, 0.1) is 0 Å². The van der Waals surface area contributed by atoms with Crippen molar-refractivity contribution in [3.05, 3.63) is 0 Å². The maximum absolute atomic E-state index is 10.9. The molecule has 13 heavy (non-hydrogen) atoms. The van der Waals surface area contributed by atoms with E-state index in [4.69, 9.17) is 4.74 Å². The van der Waals surface area contributed by atoms with Gasteiger partial charge in [-0.15, -0.1) is 0 Å². The van der Waals surface area contributed by atoms with E-state index < -0.39 is 0 Å². The first-order valence-corrected chi connectivity index (χ1v) is 5.15. The normalized spacial score (nSPS) is 38.4. The van der Waals surface area contributed by atoms with Gasteiger partial charge >= 0.3 is 5.97 Å². The summed E-state index contributed by atoms with van der Waals surface area (Å²) < 4.78 is 5.35. The lowest BCUT2D eigenvalue weighted by molar-refractivity contribution is -0.149. The fourth-order valence-corrected chi connectivity index (χ4v) is 2.73. The van der Waals surface area contributed by atoms with Gasteiger partial charge in [0.1, 0.15) is 6.10 Å². The van der Waals surface area contributed by atoms with Crippen molar-refractivity contribution in [3.8, 4) is 0 Å². The van der Waals surface area contributed by atoms with Gasteiger partial charge in [0.05, 0.1) is 5.54 Å². The largest absolute Gasteiger partial charge is 0.461 e. The van der Waals surface area contributed by atoms with E-state index in [2.05, 4.69) is 5.32 Å². The summed E-state index contributed by atoms with van der Waals surface area (Å²) >= 11 is 0. The third-order valence-electron chi connectivity index (χ3n) is 3.29. The molecule has 1 aliphatic carbocycles. The van der Waals surface area contributed by atoms with Crippen LogP contribution in [-0.2, 0) is 9.53 Å². The van der Waals surface area contributed by atoms with Crippen LogP contribution in [0.3, 0.4) is 0 Å². The van der Waals surface area contributed by atoms with Crippen LogP contribution in [0.1, 0.15) is 39.0 Å². The number of carbonyl (C=O) groups is 1. The monoisotopic (exact) mass is 183 g/mol. The molecule has 0 aromatic carbocycles. The smallest absolute Gasteiger partial charge is 0.302 e. The number of esters is 1. The molecule has 2 fully saturated rings. The minimum absolute atomic E-state index is 0.132. The summed E-state index contributed by atoms with van der Waals surface area (Å²) in [6.45, 7) is 2.58. The zero-order valence-electron chi connectivity index (χ0n) is 8.14. The van der Waals surface area contributed by atoms with Gasteiger partial charge in [-0.2, -0.15) is 0 Å².